The smallest absolute Gasteiger partial charge is 0.302 e. The van der Waals surface area contributed by atoms with Gasteiger partial charge in [0.25, 0.3) is 0 Å². The quantitative estimate of drug-likeness (QED) is 0.554. The zero-order valence-corrected chi connectivity index (χ0v) is 12.7. The first-order valence-corrected chi connectivity index (χ1v) is 7.68. The lowest BCUT2D eigenvalue weighted by atomic mass is 9.71. The molecule has 4 rings (SSSR count). The number of carbonyl (C=O) groups is 1. The van der Waals surface area contributed by atoms with E-state index in [1.165, 1.54) is 31.8 Å². The second kappa shape index (κ2) is 4.10. The number of esters is 1. The van der Waals surface area contributed by atoms with E-state index in [0.717, 1.165) is 24.2 Å². The third-order valence-electron chi connectivity index (χ3n) is 6.79. The van der Waals surface area contributed by atoms with Crippen LogP contribution in [0.1, 0.15) is 53.4 Å². The van der Waals surface area contributed by atoms with Gasteiger partial charge in [-0.1, -0.05) is 19.9 Å². The standard InChI is InChI=1S/C17H26O2/c1-11(10-19-12(2)18)6-5-7-16(3)13-8-14-15(9-13)17(14,16)4/h6,13-15H,5,7-10H2,1-4H3/b11-6-/t13?,14-,15?,16-,17?/m1/s1. The van der Waals surface area contributed by atoms with Crippen molar-refractivity contribution in [2.75, 3.05) is 6.61 Å². The van der Waals surface area contributed by atoms with Crippen LogP contribution in [-0.4, -0.2) is 12.6 Å². The highest BCUT2D eigenvalue weighted by Gasteiger charge is 2.80. The third kappa shape index (κ3) is 1.71. The predicted octanol–water partition coefficient (Wildman–Crippen LogP) is 3.96. The van der Waals surface area contributed by atoms with E-state index >= 15 is 0 Å². The van der Waals surface area contributed by atoms with Crippen LogP contribution in [0.15, 0.2) is 11.6 Å². The van der Waals surface area contributed by atoms with Crippen molar-refractivity contribution in [1.82, 2.24) is 0 Å². The van der Waals surface area contributed by atoms with Gasteiger partial charge < -0.3 is 4.74 Å². The van der Waals surface area contributed by atoms with Crippen molar-refractivity contribution >= 4 is 5.97 Å². The van der Waals surface area contributed by atoms with E-state index in [9.17, 15) is 4.79 Å². The van der Waals surface area contributed by atoms with Gasteiger partial charge >= 0.3 is 5.97 Å². The fraction of sp³-hybridized carbons (Fsp3) is 0.824. The van der Waals surface area contributed by atoms with Crippen molar-refractivity contribution in [2.45, 2.75) is 53.4 Å². The summed E-state index contributed by atoms with van der Waals surface area (Å²) in [7, 11) is 0. The Balaban J connectivity index is 1.53. The Labute approximate surface area is 116 Å². The van der Waals surface area contributed by atoms with Crippen LogP contribution in [0.3, 0.4) is 0 Å². The van der Waals surface area contributed by atoms with Gasteiger partial charge in [0.05, 0.1) is 0 Å². The molecule has 3 unspecified atom stereocenters. The molecule has 4 bridgehead atoms. The molecule has 0 aliphatic heterocycles. The van der Waals surface area contributed by atoms with Crippen LogP contribution in [0.25, 0.3) is 0 Å². The Morgan fingerprint density at radius 1 is 1.26 bits per heavy atom. The summed E-state index contributed by atoms with van der Waals surface area (Å²) in [5.41, 5.74) is 2.41. The molecule has 2 nitrogen and oxygen atoms in total. The van der Waals surface area contributed by atoms with Crippen molar-refractivity contribution in [2.24, 2.45) is 28.6 Å². The summed E-state index contributed by atoms with van der Waals surface area (Å²) in [6, 6.07) is 0. The van der Waals surface area contributed by atoms with Gasteiger partial charge in [0.1, 0.15) is 6.61 Å². The van der Waals surface area contributed by atoms with Gasteiger partial charge in [-0.25, -0.2) is 0 Å². The minimum atomic E-state index is -0.190. The third-order valence-corrected chi connectivity index (χ3v) is 6.79. The molecular weight excluding hydrogens is 236 g/mol. The highest BCUT2D eigenvalue weighted by molar-refractivity contribution is 5.66. The normalized spacial score (nSPS) is 46.5. The molecule has 0 aromatic carbocycles. The van der Waals surface area contributed by atoms with E-state index in [1.54, 1.807) is 0 Å². The monoisotopic (exact) mass is 262 g/mol. The molecule has 4 fully saturated rings. The van der Waals surface area contributed by atoms with Crippen molar-refractivity contribution < 1.29 is 9.53 Å². The van der Waals surface area contributed by atoms with E-state index < -0.39 is 0 Å². The number of allylic oxidation sites excluding steroid dienone is 1. The maximum atomic E-state index is 10.8. The van der Waals surface area contributed by atoms with Gasteiger partial charge in [-0.05, 0) is 66.8 Å². The number of rotatable bonds is 5. The summed E-state index contributed by atoms with van der Waals surface area (Å²) >= 11 is 0. The van der Waals surface area contributed by atoms with Crippen molar-refractivity contribution in [3.63, 3.8) is 0 Å². The maximum absolute atomic E-state index is 10.8. The molecule has 2 heteroatoms. The molecular formula is C17H26O2. The fourth-order valence-corrected chi connectivity index (χ4v) is 5.40. The van der Waals surface area contributed by atoms with Gasteiger partial charge in [0, 0.05) is 6.92 Å². The van der Waals surface area contributed by atoms with Crippen LogP contribution in [0.4, 0.5) is 0 Å². The Hall–Kier alpha value is -0.790. The Morgan fingerprint density at radius 2 is 1.89 bits per heavy atom. The molecule has 0 heterocycles. The average Bonchev–Trinajstić information content (AvgIpc) is 2.71. The molecule has 19 heavy (non-hydrogen) atoms. The van der Waals surface area contributed by atoms with Crippen LogP contribution in [0.2, 0.25) is 0 Å². The van der Waals surface area contributed by atoms with E-state index in [1.807, 2.05) is 0 Å². The number of ether oxygens (including phenoxy) is 1. The summed E-state index contributed by atoms with van der Waals surface area (Å²) in [5, 5.41) is 0. The van der Waals surface area contributed by atoms with Gasteiger partial charge in [0.15, 0.2) is 0 Å². The first-order chi connectivity index (χ1) is 8.89. The second-order valence-corrected chi connectivity index (χ2v) is 7.45. The van der Waals surface area contributed by atoms with Crippen LogP contribution >= 0.6 is 0 Å². The Morgan fingerprint density at radius 3 is 2.37 bits per heavy atom. The molecule has 5 atom stereocenters. The zero-order valence-electron chi connectivity index (χ0n) is 12.7. The van der Waals surface area contributed by atoms with Crippen LogP contribution in [0.5, 0.6) is 0 Å². The number of hydrogen-bond acceptors (Lipinski definition) is 2. The summed E-state index contributed by atoms with van der Waals surface area (Å²) in [6.07, 6.45) is 7.69. The first kappa shape index (κ1) is 13.2. The van der Waals surface area contributed by atoms with E-state index in [0.29, 0.717) is 17.4 Å². The maximum Gasteiger partial charge on any atom is 0.302 e. The van der Waals surface area contributed by atoms with Gasteiger partial charge in [-0.15, -0.1) is 0 Å². The molecule has 0 spiro atoms. The van der Waals surface area contributed by atoms with Gasteiger partial charge in [-0.2, -0.15) is 0 Å². The lowest BCUT2D eigenvalue weighted by molar-refractivity contribution is -0.139. The van der Waals surface area contributed by atoms with E-state index in [-0.39, 0.29) is 5.97 Å². The zero-order chi connectivity index (χ0) is 13.8. The van der Waals surface area contributed by atoms with Crippen LogP contribution in [0, 0.1) is 28.6 Å². The van der Waals surface area contributed by atoms with E-state index in [2.05, 4.69) is 26.8 Å². The SMILES string of the molecule is CC(=O)OC/C(C)=C\CC[C@]1(C)C2CC3[C@@H](C2)C31C. The summed E-state index contributed by atoms with van der Waals surface area (Å²) in [6.45, 7) is 9.04. The molecule has 0 aromatic heterocycles. The Kier molecular flexibility index (Phi) is 2.85. The summed E-state index contributed by atoms with van der Waals surface area (Å²) in [5.74, 6) is 2.89. The molecule has 0 aromatic rings. The summed E-state index contributed by atoms with van der Waals surface area (Å²) in [4.78, 5) is 10.8. The fourth-order valence-electron chi connectivity index (χ4n) is 5.40. The molecule has 0 amide bonds. The highest BCUT2D eigenvalue weighted by Crippen LogP contribution is 2.87. The molecule has 106 valence electrons. The molecule has 0 N–H and O–H groups in total. The van der Waals surface area contributed by atoms with Crippen molar-refractivity contribution in [3.05, 3.63) is 11.6 Å². The second-order valence-electron chi connectivity index (χ2n) is 7.45. The van der Waals surface area contributed by atoms with Gasteiger partial charge in [-0.3, -0.25) is 4.79 Å². The average molecular weight is 262 g/mol. The largest absolute Gasteiger partial charge is 0.461 e. The topological polar surface area (TPSA) is 26.3 Å². The molecule has 4 saturated carbocycles. The molecule has 4 aliphatic rings. The minimum absolute atomic E-state index is 0.190. The van der Waals surface area contributed by atoms with Crippen LogP contribution in [-0.2, 0) is 9.53 Å². The van der Waals surface area contributed by atoms with Crippen molar-refractivity contribution in [1.29, 1.82) is 0 Å². The van der Waals surface area contributed by atoms with Gasteiger partial charge in [0.2, 0.25) is 0 Å². The number of hydrogen-bond donors (Lipinski definition) is 0. The number of carbonyl (C=O) groups excluding carboxylic acids is 1. The Bertz CT molecular complexity index is 425. The molecule has 0 radical (unpaired) electrons. The predicted molar refractivity (Wildman–Crippen MR) is 75.5 cm³/mol. The lowest BCUT2D eigenvalue weighted by Gasteiger charge is -2.34. The first-order valence-electron chi connectivity index (χ1n) is 7.68. The van der Waals surface area contributed by atoms with Crippen LogP contribution < -0.4 is 0 Å². The molecule has 0 saturated heterocycles. The van der Waals surface area contributed by atoms with E-state index in [4.69, 9.17) is 4.74 Å². The van der Waals surface area contributed by atoms with Crippen molar-refractivity contribution in [3.8, 4) is 0 Å². The lowest BCUT2D eigenvalue weighted by Crippen LogP contribution is -2.26. The summed E-state index contributed by atoms with van der Waals surface area (Å²) < 4.78 is 5.02. The minimum Gasteiger partial charge on any atom is -0.461 e. The molecule has 4 aliphatic carbocycles. The highest BCUT2D eigenvalue weighted by atomic mass is 16.5.